The maximum Gasteiger partial charge on any atom is 0.313 e. The first-order valence-corrected chi connectivity index (χ1v) is 17.7. The second kappa shape index (κ2) is 11.2. The van der Waals surface area contributed by atoms with Crippen LogP contribution in [0.15, 0.2) is 47.1 Å². The molecule has 0 unspecified atom stereocenters. The maximum atomic E-state index is 14.2. The van der Waals surface area contributed by atoms with Crippen molar-refractivity contribution < 1.29 is 14.6 Å². The van der Waals surface area contributed by atoms with E-state index in [1.165, 1.54) is 0 Å². The van der Waals surface area contributed by atoms with Gasteiger partial charge in [0.05, 0.1) is 11.5 Å². The quantitative estimate of drug-likeness (QED) is 0.101. The van der Waals surface area contributed by atoms with Gasteiger partial charge in [0, 0.05) is 11.6 Å². The molecule has 45 heavy (non-hydrogen) atoms. The van der Waals surface area contributed by atoms with E-state index < -0.39 is 16.9 Å². The van der Waals surface area contributed by atoms with Crippen molar-refractivity contribution in [3.8, 4) is 0 Å². The molecule has 4 saturated carbocycles. The van der Waals surface area contributed by atoms with E-state index in [1.807, 2.05) is 36.5 Å². The number of hydrogen-bond donors (Lipinski definition) is 3. The van der Waals surface area contributed by atoms with E-state index in [4.69, 9.17) is 22.7 Å². The fraction of sp³-hybridized carbons (Fsp3) is 0.711. The van der Waals surface area contributed by atoms with Crippen LogP contribution in [0.4, 0.5) is 0 Å². The number of nitrogens with two attached hydrogens (primary N) is 1. The molecule has 9 atom stereocenters. The summed E-state index contributed by atoms with van der Waals surface area (Å²) in [5, 5.41) is 15.9. The Bertz CT molecular complexity index is 1390. The van der Waals surface area contributed by atoms with Gasteiger partial charge in [-0.05, 0) is 121 Å². The van der Waals surface area contributed by atoms with E-state index in [1.54, 1.807) is 5.57 Å². The van der Waals surface area contributed by atoms with Gasteiger partial charge in [-0.2, -0.15) is 5.10 Å². The normalized spacial score (nSPS) is 43.6. The van der Waals surface area contributed by atoms with Crippen molar-refractivity contribution in [3.05, 3.63) is 47.5 Å². The molecule has 0 bridgehead atoms. The van der Waals surface area contributed by atoms with Crippen LogP contribution in [0.3, 0.4) is 0 Å². The lowest BCUT2D eigenvalue weighted by molar-refractivity contribution is -0.197. The number of hydrazone groups is 1. The zero-order valence-electron chi connectivity index (χ0n) is 28.3. The molecule has 0 aromatic heterocycles. The number of nitrogens with zero attached hydrogens (tertiary/aromatic N) is 1. The molecule has 6 rings (SSSR count). The fourth-order valence-electron chi connectivity index (χ4n) is 11.6. The Kier molecular flexibility index (Phi) is 8.12. The summed E-state index contributed by atoms with van der Waals surface area (Å²) in [5.74, 6) is 1.00. The van der Waals surface area contributed by atoms with Crippen molar-refractivity contribution in [1.29, 1.82) is 0 Å². The molecule has 4 N–H and O–H groups in total. The number of hydrogen-bond acceptors (Lipinski definition) is 5. The van der Waals surface area contributed by atoms with Crippen LogP contribution in [0.1, 0.15) is 111 Å². The lowest BCUT2D eigenvalue weighted by atomic mass is 9.33. The number of carbonyl (C=O) groups is 1. The molecule has 0 radical (unpaired) electrons. The Morgan fingerprint density at radius 3 is 2.44 bits per heavy atom. The van der Waals surface area contributed by atoms with Crippen LogP contribution in [-0.4, -0.2) is 28.5 Å². The molecule has 4 fully saturated rings. The van der Waals surface area contributed by atoms with E-state index in [9.17, 15) is 9.90 Å². The number of benzene rings is 1. The Hall–Kier alpha value is -2.25. The van der Waals surface area contributed by atoms with Crippen molar-refractivity contribution in [1.82, 2.24) is 5.43 Å². The van der Waals surface area contributed by atoms with Gasteiger partial charge in [0.25, 0.3) is 0 Å². The summed E-state index contributed by atoms with van der Waals surface area (Å²) in [6.07, 6.45) is 13.9. The largest absolute Gasteiger partial charge is 0.460 e. The standard InChI is InChI=1S/C38H55N3O3S/c1-33(2)18-20-38(31(43)44-23-25-10-8-7-9-11-25)21-19-36(5)26(27(38)22-33)12-13-29-34(3)16-15-30(42)35(4,24-40-41-32(39)45)28(34)14-17-37(29,36)6/h7-12,24,27-30,42H,13-23H2,1-6H3,(H3,39,41,45)/b40-24+/t27-,28+,29+,30-,34-,35-,36+,37+,38-/m0/s1. The average molecular weight is 634 g/mol. The van der Waals surface area contributed by atoms with Gasteiger partial charge in [-0.3, -0.25) is 10.2 Å². The van der Waals surface area contributed by atoms with Crippen molar-refractivity contribution in [2.75, 3.05) is 0 Å². The Balaban J connectivity index is 1.35. The van der Waals surface area contributed by atoms with Gasteiger partial charge >= 0.3 is 5.97 Å². The minimum absolute atomic E-state index is 0.0129. The van der Waals surface area contributed by atoms with Gasteiger partial charge in [0.2, 0.25) is 0 Å². The highest BCUT2D eigenvalue weighted by Crippen LogP contribution is 2.75. The number of ether oxygens (including phenoxy) is 1. The zero-order chi connectivity index (χ0) is 32.5. The van der Waals surface area contributed by atoms with Crippen LogP contribution in [0.5, 0.6) is 0 Å². The summed E-state index contributed by atoms with van der Waals surface area (Å²) >= 11 is 4.99. The van der Waals surface area contributed by atoms with Crippen LogP contribution < -0.4 is 11.2 Å². The summed E-state index contributed by atoms with van der Waals surface area (Å²) in [6, 6.07) is 10.1. The van der Waals surface area contributed by atoms with Crippen LogP contribution >= 0.6 is 12.2 Å². The highest BCUT2D eigenvalue weighted by Gasteiger charge is 2.69. The number of thiocarbonyl (C=S) groups is 1. The van der Waals surface area contributed by atoms with Crippen LogP contribution in [0.25, 0.3) is 0 Å². The Labute approximate surface area is 276 Å². The molecule has 5 aliphatic rings. The topological polar surface area (TPSA) is 96.9 Å². The lowest BCUT2D eigenvalue weighted by Crippen LogP contribution is -2.65. The number of aliphatic hydroxyl groups is 1. The van der Waals surface area contributed by atoms with Crippen LogP contribution in [0.2, 0.25) is 0 Å². The van der Waals surface area contributed by atoms with Gasteiger partial charge in [-0.25, -0.2) is 0 Å². The molecule has 1 aromatic rings. The molecular formula is C38H55N3O3S. The summed E-state index contributed by atoms with van der Waals surface area (Å²) in [5.41, 5.74) is 10.4. The van der Waals surface area contributed by atoms with E-state index in [0.717, 1.165) is 69.8 Å². The van der Waals surface area contributed by atoms with Gasteiger partial charge in [0.15, 0.2) is 5.11 Å². The van der Waals surface area contributed by atoms with Crippen molar-refractivity contribution in [2.24, 2.45) is 61.1 Å². The van der Waals surface area contributed by atoms with Gasteiger partial charge in [-0.1, -0.05) is 83.5 Å². The predicted molar refractivity (Wildman–Crippen MR) is 184 cm³/mol. The average Bonchev–Trinajstić information content (AvgIpc) is 2.98. The number of fused-ring (bicyclic) bond motifs is 7. The molecule has 246 valence electrons. The number of allylic oxidation sites excluding steroid dienone is 2. The summed E-state index contributed by atoms with van der Waals surface area (Å²) in [4.78, 5) is 14.2. The first-order valence-electron chi connectivity index (χ1n) is 17.3. The molecule has 0 aliphatic heterocycles. The van der Waals surface area contributed by atoms with E-state index in [2.05, 4.69) is 58.1 Å². The van der Waals surface area contributed by atoms with Crippen molar-refractivity contribution in [2.45, 2.75) is 118 Å². The Morgan fingerprint density at radius 2 is 1.73 bits per heavy atom. The third-order valence-electron chi connectivity index (χ3n) is 14.5. The molecule has 0 heterocycles. The monoisotopic (exact) mass is 633 g/mol. The fourth-order valence-corrected chi connectivity index (χ4v) is 11.7. The SMILES string of the molecule is CC1(C)CC[C@]2(C(=O)OCc3ccccc3)CC[C@]3(C)C(=CC[C@@H]4[C@@]5(C)CC[C@H](O)[C@@](C)(/C=N/NC(N)=S)[C@@H]5CC[C@]43C)[C@@H]2C1. The molecule has 0 amide bonds. The van der Waals surface area contributed by atoms with Gasteiger partial charge < -0.3 is 15.6 Å². The molecule has 1 aromatic carbocycles. The minimum atomic E-state index is -0.464. The maximum absolute atomic E-state index is 14.2. The van der Waals surface area contributed by atoms with Crippen molar-refractivity contribution in [3.63, 3.8) is 0 Å². The summed E-state index contributed by atoms with van der Waals surface area (Å²) in [6.45, 7) is 14.9. The highest BCUT2D eigenvalue weighted by atomic mass is 32.1. The third-order valence-corrected chi connectivity index (χ3v) is 14.6. The molecule has 0 saturated heterocycles. The third kappa shape index (κ3) is 5.01. The van der Waals surface area contributed by atoms with E-state index in [-0.39, 0.29) is 38.7 Å². The predicted octanol–water partition coefficient (Wildman–Crippen LogP) is 7.69. The number of esters is 1. The van der Waals surface area contributed by atoms with Crippen molar-refractivity contribution >= 4 is 29.5 Å². The second-order valence-electron chi connectivity index (χ2n) is 17.1. The number of nitrogens with one attached hydrogen (secondary N) is 1. The van der Waals surface area contributed by atoms with E-state index >= 15 is 0 Å². The van der Waals surface area contributed by atoms with E-state index in [0.29, 0.717) is 18.4 Å². The first kappa shape index (κ1) is 32.7. The number of aliphatic hydroxyl groups excluding tert-OH is 1. The molecule has 0 spiro atoms. The van der Waals surface area contributed by atoms with Crippen LogP contribution in [0, 0.1) is 50.2 Å². The number of carbonyl (C=O) groups excluding carboxylic acids is 1. The summed E-state index contributed by atoms with van der Waals surface area (Å²) in [7, 11) is 0. The molecule has 6 nitrogen and oxygen atoms in total. The molecule has 7 heteroatoms. The molecule has 5 aliphatic carbocycles. The molecular weight excluding hydrogens is 579 g/mol. The number of rotatable bonds is 5. The highest BCUT2D eigenvalue weighted by molar-refractivity contribution is 7.80. The minimum Gasteiger partial charge on any atom is -0.460 e. The lowest BCUT2D eigenvalue weighted by Gasteiger charge is -2.71. The Morgan fingerprint density at radius 1 is 1.02 bits per heavy atom. The first-order chi connectivity index (χ1) is 21.1. The smallest absolute Gasteiger partial charge is 0.313 e. The van der Waals surface area contributed by atoms with Crippen LogP contribution in [-0.2, 0) is 16.1 Å². The second-order valence-corrected chi connectivity index (χ2v) is 17.5. The van der Waals surface area contributed by atoms with Gasteiger partial charge in [-0.15, -0.1) is 0 Å². The van der Waals surface area contributed by atoms with Gasteiger partial charge in [0.1, 0.15) is 6.61 Å². The zero-order valence-corrected chi connectivity index (χ0v) is 29.1. The summed E-state index contributed by atoms with van der Waals surface area (Å²) < 4.78 is 6.18.